The predicted molar refractivity (Wildman–Crippen MR) is 129 cm³/mol. The number of hydrogen-bond acceptors (Lipinski definition) is 7. The quantitative estimate of drug-likeness (QED) is 0.398. The van der Waals surface area contributed by atoms with Gasteiger partial charge in [-0.05, 0) is 52.9 Å². The van der Waals surface area contributed by atoms with Gasteiger partial charge in [-0.25, -0.2) is 8.42 Å². The van der Waals surface area contributed by atoms with Gasteiger partial charge in [0.25, 0.3) is 0 Å². The Morgan fingerprint density at radius 3 is 2.12 bits per heavy atom. The lowest BCUT2D eigenvalue weighted by Crippen LogP contribution is -2.30. The molecule has 1 heterocycles. The first-order valence-electron chi connectivity index (χ1n) is 10.5. The lowest BCUT2D eigenvalue weighted by atomic mass is 9.87. The number of ether oxygens (including phenoxy) is 1. The van der Waals surface area contributed by atoms with Gasteiger partial charge >= 0.3 is 10.1 Å². The van der Waals surface area contributed by atoms with Gasteiger partial charge in [0, 0.05) is 6.54 Å². The first kappa shape index (κ1) is 25.8. The van der Waals surface area contributed by atoms with Gasteiger partial charge in [0.15, 0.2) is 11.5 Å². The van der Waals surface area contributed by atoms with E-state index >= 15 is 0 Å². The van der Waals surface area contributed by atoms with Gasteiger partial charge in [-0.2, -0.15) is 12.7 Å². The van der Waals surface area contributed by atoms with E-state index in [1.165, 1.54) is 29.8 Å². The molecule has 0 fully saturated rings. The number of furan rings is 1. The maximum absolute atomic E-state index is 13.6. The van der Waals surface area contributed by atoms with E-state index in [1.807, 2.05) is 12.1 Å². The molecule has 0 N–H and O–H groups in total. The minimum Gasteiger partial charge on any atom is -0.493 e. The zero-order valence-corrected chi connectivity index (χ0v) is 21.4. The second-order valence-electron chi connectivity index (χ2n) is 8.90. The summed E-state index contributed by atoms with van der Waals surface area (Å²) >= 11 is 0. The maximum atomic E-state index is 13.6. The van der Waals surface area contributed by atoms with Gasteiger partial charge in [0.05, 0.1) is 31.1 Å². The Morgan fingerprint density at radius 1 is 0.912 bits per heavy atom. The molecule has 0 saturated heterocycles. The molecule has 0 saturated carbocycles. The van der Waals surface area contributed by atoms with Crippen LogP contribution in [0.3, 0.4) is 0 Å². The van der Waals surface area contributed by atoms with Crippen molar-refractivity contribution in [3.8, 4) is 11.5 Å². The molecule has 1 aromatic heterocycles. The molecule has 0 bridgehead atoms. The molecule has 0 aliphatic heterocycles. The van der Waals surface area contributed by atoms with Crippen LogP contribution in [0.15, 0.2) is 70.2 Å². The fourth-order valence-corrected chi connectivity index (χ4v) is 5.18. The van der Waals surface area contributed by atoms with Crippen molar-refractivity contribution in [2.24, 2.45) is 0 Å². The Morgan fingerprint density at radius 2 is 1.59 bits per heavy atom. The van der Waals surface area contributed by atoms with E-state index in [-0.39, 0.29) is 34.9 Å². The Labute approximate surface area is 201 Å². The molecule has 3 rings (SSSR count). The molecule has 0 atom stereocenters. The molecular formula is C24H29NO7S2. The van der Waals surface area contributed by atoms with Crippen molar-refractivity contribution in [2.75, 3.05) is 13.4 Å². The van der Waals surface area contributed by atoms with Crippen molar-refractivity contribution < 1.29 is 30.2 Å². The lowest BCUT2D eigenvalue weighted by Gasteiger charge is -2.23. The third kappa shape index (κ3) is 6.40. The van der Waals surface area contributed by atoms with Crippen LogP contribution in [0.25, 0.3) is 0 Å². The summed E-state index contributed by atoms with van der Waals surface area (Å²) in [5, 5.41) is 0. The van der Waals surface area contributed by atoms with Crippen molar-refractivity contribution >= 4 is 20.1 Å². The largest absolute Gasteiger partial charge is 0.493 e. The molecule has 3 aromatic rings. The summed E-state index contributed by atoms with van der Waals surface area (Å²) in [7, 11) is -6.34. The topological polar surface area (TPSA) is 103 Å². The smallest absolute Gasteiger partial charge is 0.306 e. The summed E-state index contributed by atoms with van der Waals surface area (Å²) in [6, 6.07) is 14.8. The minimum atomic E-state index is -3.92. The highest BCUT2D eigenvalue weighted by atomic mass is 32.2. The normalized spacial score (nSPS) is 12.6. The number of methoxy groups -OCH3 is 1. The number of sulfonamides is 1. The highest BCUT2D eigenvalue weighted by Gasteiger charge is 2.27. The average molecular weight is 508 g/mol. The Bertz CT molecular complexity index is 1320. The molecular weight excluding hydrogens is 478 g/mol. The van der Waals surface area contributed by atoms with Crippen LogP contribution in [-0.4, -0.2) is 34.5 Å². The van der Waals surface area contributed by atoms with Crippen LogP contribution in [-0.2, 0) is 38.6 Å². The zero-order valence-electron chi connectivity index (χ0n) is 19.8. The predicted octanol–water partition coefficient (Wildman–Crippen LogP) is 4.32. The van der Waals surface area contributed by atoms with E-state index in [0.717, 1.165) is 11.8 Å². The third-order valence-corrected chi connectivity index (χ3v) is 7.39. The monoisotopic (exact) mass is 507 g/mol. The molecule has 0 radical (unpaired) electrons. The maximum Gasteiger partial charge on any atom is 0.306 e. The SMILES string of the molecule is COc1ccc(CN(Cc2ccco2)S(=O)(=O)c2ccc(C(C)(C)C)cc2)cc1OS(C)(=O)=O. The van der Waals surface area contributed by atoms with Gasteiger partial charge in [0.2, 0.25) is 10.0 Å². The molecule has 34 heavy (non-hydrogen) atoms. The summed E-state index contributed by atoms with van der Waals surface area (Å²) in [4.78, 5) is 0.146. The van der Waals surface area contributed by atoms with Crippen LogP contribution in [0.5, 0.6) is 11.5 Å². The summed E-state index contributed by atoms with van der Waals surface area (Å²) in [6.45, 7) is 6.11. The summed E-state index contributed by atoms with van der Waals surface area (Å²) < 4.78 is 67.4. The molecule has 0 unspecified atom stereocenters. The fourth-order valence-electron chi connectivity index (χ4n) is 3.33. The second kappa shape index (κ2) is 9.81. The fraction of sp³-hybridized carbons (Fsp3) is 0.333. The molecule has 0 aliphatic carbocycles. The molecule has 10 heteroatoms. The van der Waals surface area contributed by atoms with E-state index in [0.29, 0.717) is 11.3 Å². The minimum absolute atomic E-state index is 0.00927. The zero-order chi connectivity index (χ0) is 25.1. The Balaban J connectivity index is 1.99. The van der Waals surface area contributed by atoms with Crippen LogP contribution in [0.1, 0.15) is 37.7 Å². The van der Waals surface area contributed by atoms with Gasteiger partial charge in [-0.1, -0.05) is 39.0 Å². The molecule has 0 aliphatic rings. The van der Waals surface area contributed by atoms with Gasteiger partial charge in [-0.15, -0.1) is 0 Å². The van der Waals surface area contributed by atoms with Crippen molar-refractivity contribution in [1.29, 1.82) is 0 Å². The van der Waals surface area contributed by atoms with Crippen LogP contribution in [0.4, 0.5) is 0 Å². The van der Waals surface area contributed by atoms with E-state index < -0.39 is 20.1 Å². The van der Waals surface area contributed by atoms with Crippen LogP contribution in [0.2, 0.25) is 0 Å². The van der Waals surface area contributed by atoms with Gasteiger partial charge in [0.1, 0.15) is 5.76 Å². The van der Waals surface area contributed by atoms with Crippen LogP contribution < -0.4 is 8.92 Å². The number of nitrogens with zero attached hydrogens (tertiary/aromatic N) is 1. The van der Waals surface area contributed by atoms with Crippen LogP contribution in [0, 0.1) is 0 Å². The first-order valence-corrected chi connectivity index (χ1v) is 13.7. The molecule has 2 aromatic carbocycles. The molecule has 0 amide bonds. The average Bonchev–Trinajstić information content (AvgIpc) is 3.25. The van der Waals surface area contributed by atoms with E-state index in [1.54, 1.807) is 30.3 Å². The summed E-state index contributed by atoms with van der Waals surface area (Å²) in [5.74, 6) is 0.663. The van der Waals surface area contributed by atoms with E-state index in [4.69, 9.17) is 13.3 Å². The van der Waals surface area contributed by atoms with Crippen molar-refractivity contribution in [3.05, 3.63) is 77.7 Å². The van der Waals surface area contributed by atoms with Crippen molar-refractivity contribution in [2.45, 2.75) is 44.2 Å². The van der Waals surface area contributed by atoms with E-state index in [9.17, 15) is 16.8 Å². The molecule has 0 spiro atoms. The van der Waals surface area contributed by atoms with Crippen molar-refractivity contribution in [1.82, 2.24) is 4.31 Å². The molecule has 8 nitrogen and oxygen atoms in total. The van der Waals surface area contributed by atoms with Gasteiger partial charge < -0.3 is 13.3 Å². The Hall–Kier alpha value is -2.82. The first-order chi connectivity index (χ1) is 15.8. The second-order valence-corrected chi connectivity index (χ2v) is 12.4. The Kier molecular flexibility index (Phi) is 7.44. The van der Waals surface area contributed by atoms with Crippen LogP contribution >= 0.6 is 0 Å². The standard InChI is InChI=1S/C24H29NO7S2/c1-24(2,3)19-9-11-21(12-10-19)34(28,29)25(17-20-7-6-14-31-20)16-18-8-13-22(30-4)23(15-18)32-33(5,26)27/h6-15H,16-17H2,1-5H3. The number of hydrogen-bond donors (Lipinski definition) is 0. The van der Waals surface area contributed by atoms with Gasteiger partial charge in [-0.3, -0.25) is 0 Å². The summed E-state index contributed by atoms with van der Waals surface area (Å²) in [6.07, 6.45) is 2.40. The highest BCUT2D eigenvalue weighted by Crippen LogP contribution is 2.31. The lowest BCUT2D eigenvalue weighted by molar-refractivity contribution is 0.357. The third-order valence-electron chi connectivity index (χ3n) is 5.10. The number of benzene rings is 2. The highest BCUT2D eigenvalue weighted by molar-refractivity contribution is 7.89. The number of rotatable bonds is 9. The van der Waals surface area contributed by atoms with E-state index in [2.05, 4.69) is 20.8 Å². The molecule has 184 valence electrons. The summed E-state index contributed by atoms with van der Waals surface area (Å²) in [5.41, 5.74) is 1.41. The van der Waals surface area contributed by atoms with Crippen molar-refractivity contribution in [3.63, 3.8) is 0 Å².